The number of hydrogen-bond acceptors (Lipinski definition) is 3. The van der Waals surface area contributed by atoms with Crippen molar-refractivity contribution >= 4 is 11.9 Å². The van der Waals surface area contributed by atoms with E-state index in [0.717, 1.165) is 25.7 Å². The first-order valence-corrected chi connectivity index (χ1v) is 10.6. The van der Waals surface area contributed by atoms with Crippen LogP contribution in [0, 0.1) is 39.9 Å². The van der Waals surface area contributed by atoms with E-state index in [1.54, 1.807) is 0 Å². The van der Waals surface area contributed by atoms with E-state index < -0.39 is 5.97 Å². The molecule has 4 aliphatic carbocycles. The average molecular weight is 363 g/mol. The summed E-state index contributed by atoms with van der Waals surface area (Å²) >= 11 is 0. The molecule has 0 amide bonds. The van der Waals surface area contributed by atoms with Crippen LogP contribution in [-0.4, -0.2) is 23.7 Å². The highest BCUT2D eigenvalue weighted by molar-refractivity contribution is 5.71. The first-order chi connectivity index (χ1) is 12.2. The van der Waals surface area contributed by atoms with Gasteiger partial charge in [0.1, 0.15) is 0 Å². The molecule has 4 fully saturated rings. The molecular formula is C22H34O4. The number of carboxylic acids is 1. The van der Waals surface area contributed by atoms with Crippen molar-refractivity contribution in [2.45, 2.75) is 78.6 Å². The highest BCUT2D eigenvalue weighted by Crippen LogP contribution is 2.72. The Morgan fingerprint density at radius 2 is 1.81 bits per heavy atom. The van der Waals surface area contributed by atoms with E-state index in [0.29, 0.717) is 24.4 Å². The molecule has 4 saturated carbocycles. The van der Waals surface area contributed by atoms with Crippen LogP contribution in [0.15, 0.2) is 0 Å². The fraction of sp³-hybridized carbons (Fsp3) is 0.909. The molecule has 4 aliphatic rings. The van der Waals surface area contributed by atoms with Crippen molar-refractivity contribution in [3.05, 3.63) is 0 Å². The molecule has 0 aliphatic heterocycles. The Kier molecular flexibility index (Phi) is 4.20. The fourth-order valence-corrected chi connectivity index (χ4v) is 8.31. The summed E-state index contributed by atoms with van der Waals surface area (Å²) in [6, 6.07) is 0. The number of carboxylic acid groups (broad SMARTS) is 1. The van der Waals surface area contributed by atoms with Gasteiger partial charge in [0, 0.05) is 12.3 Å². The molecule has 0 radical (unpaired) electrons. The van der Waals surface area contributed by atoms with Crippen LogP contribution >= 0.6 is 0 Å². The van der Waals surface area contributed by atoms with Crippen molar-refractivity contribution in [3.63, 3.8) is 0 Å². The van der Waals surface area contributed by atoms with Gasteiger partial charge in [0.05, 0.1) is 12.5 Å². The SMILES string of the molecule is CC(=O)OC[C@]1(C)CCC[C@]2(C)C1CC[C@]13C[C@H](CCC12)[C@@H](C(=O)O)C3. The van der Waals surface area contributed by atoms with Crippen LogP contribution in [-0.2, 0) is 14.3 Å². The number of carbonyl (C=O) groups is 2. The molecule has 0 heterocycles. The summed E-state index contributed by atoms with van der Waals surface area (Å²) < 4.78 is 5.51. The second-order valence-electron chi connectivity index (χ2n) is 10.5. The number of rotatable bonds is 3. The Balaban J connectivity index is 1.63. The third-order valence-electron chi connectivity index (χ3n) is 9.18. The summed E-state index contributed by atoms with van der Waals surface area (Å²) in [6.07, 6.45) is 10.3. The van der Waals surface area contributed by atoms with Gasteiger partial charge in [-0.2, -0.15) is 0 Å². The second-order valence-corrected chi connectivity index (χ2v) is 10.5. The molecule has 0 aromatic heterocycles. The zero-order chi connectivity index (χ0) is 18.7. The number of aliphatic carboxylic acids is 1. The third-order valence-corrected chi connectivity index (χ3v) is 9.18. The average Bonchev–Trinajstić information content (AvgIpc) is 2.84. The largest absolute Gasteiger partial charge is 0.481 e. The zero-order valence-corrected chi connectivity index (χ0v) is 16.6. The van der Waals surface area contributed by atoms with Gasteiger partial charge < -0.3 is 9.84 Å². The Bertz CT molecular complexity index is 615. The first-order valence-electron chi connectivity index (χ1n) is 10.6. The van der Waals surface area contributed by atoms with Gasteiger partial charge in [0.15, 0.2) is 0 Å². The summed E-state index contributed by atoms with van der Waals surface area (Å²) in [7, 11) is 0. The summed E-state index contributed by atoms with van der Waals surface area (Å²) in [5.74, 6) is 0.774. The van der Waals surface area contributed by atoms with Crippen molar-refractivity contribution in [3.8, 4) is 0 Å². The van der Waals surface area contributed by atoms with Crippen LogP contribution in [0.3, 0.4) is 0 Å². The molecule has 0 aromatic carbocycles. The highest BCUT2D eigenvalue weighted by Gasteiger charge is 2.65. The lowest BCUT2D eigenvalue weighted by Gasteiger charge is -2.64. The zero-order valence-electron chi connectivity index (χ0n) is 16.6. The Hall–Kier alpha value is -1.06. The van der Waals surface area contributed by atoms with Gasteiger partial charge in [-0.15, -0.1) is 0 Å². The van der Waals surface area contributed by atoms with Crippen molar-refractivity contribution in [1.29, 1.82) is 0 Å². The molecule has 1 N–H and O–H groups in total. The van der Waals surface area contributed by atoms with Crippen LogP contribution in [0.1, 0.15) is 78.6 Å². The van der Waals surface area contributed by atoms with E-state index in [4.69, 9.17) is 4.74 Å². The summed E-state index contributed by atoms with van der Waals surface area (Å²) in [5, 5.41) is 9.70. The number of esters is 1. The van der Waals surface area contributed by atoms with E-state index in [-0.39, 0.29) is 28.1 Å². The third kappa shape index (κ3) is 2.54. The van der Waals surface area contributed by atoms with Crippen molar-refractivity contribution in [1.82, 2.24) is 0 Å². The van der Waals surface area contributed by atoms with Gasteiger partial charge in [0.25, 0.3) is 0 Å². The quantitative estimate of drug-likeness (QED) is 0.742. The Morgan fingerprint density at radius 3 is 2.50 bits per heavy atom. The highest BCUT2D eigenvalue weighted by atomic mass is 16.5. The summed E-state index contributed by atoms with van der Waals surface area (Å²) in [6.45, 7) is 6.87. The monoisotopic (exact) mass is 362 g/mol. The second kappa shape index (κ2) is 5.97. The molecule has 4 nitrogen and oxygen atoms in total. The number of carbonyl (C=O) groups excluding carboxylic acids is 1. The van der Waals surface area contributed by atoms with Gasteiger partial charge in [0.2, 0.25) is 0 Å². The molecule has 1 spiro atoms. The predicted octanol–water partition coefficient (Wildman–Crippen LogP) is 4.66. The van der Waals surface area contributed by atoms with Gasteiger partial charge in [-0.25, -0.2) is 0 Å². The Morgan fingerprint density at radius 1 is 1.04 bits per heavy atom. The molecule has 4 rings (SSSR count). The van der Waals surface area contributed by atoms with E-state index in [2.05, 4.69) is 13.8 Å². The lowest BCUT2D eigenvalue weighted by atomic mass is 9.41. The minimum absolute atomic E-state index is 0.0714. The summed E-state index contributed by atoms with van der Waals surface area (Å²) in [5.41, 5.74) is 0.600. The van der Waals surface area contributed by atoms with Gasteiger partial charge in [-0.3, -0.25) is 9.59 Å². The molecule has 0 aromatic rings. The van der Waals surface area contributed by atoms with Crippen LogP contribution in [0.2, 0.25) is 0 Å². The fourth-order valence-electron chi connectivity index (χ4n) is 8.31. The van der Waals surface area contributed by atoms with Crippen molar-refractivity contribution < 1.29 is 19.4 Å². The molecule has 2 unspecified atom stereocenters. The lowest BCUT2D eigenvalue weighted by molar-refractivity contribution is -0.172. The molecule has 0 saturated heterocycles. The number of hydrogen-bond donors (Lipinski definition) is 1. The van der Waals surface area contributed by atoms with Crippen molar-refractivity contribution in [2.75, 3.05) is 6.61 Å². The molecular weight excluding hydrogens is 328 g/mol. The summed E-state index contributed by atoms with van der Waals surface area (Å²) in [4.78, 5) is 23.2. The van der Waals surface area contributed by atoms with Gasteiger partial charge >= 0.3 is 11.9 Å². The maximum Gasteiger partial charge on any atom is 0.306 e. The van der Waals surface area contributed by atoms with E-state index in [1.807, 2.05) is 0 Å². The topological polar surface area (TPSA) is 63.6 Å². The predicted molar refractivity (Wildman–Crippen MR) is 98.4 cm³/mol. The normalized spacial score (nSPS) is 49.8. The maximum atomic E-state index is 11.8. The van der Waals surface area contributed by atoms with E-state index >= 15 is 0 Å². The molecule has 7 atom stereocenters. The minimum Gasteiger partial charge on any atom is -0.481 e. The van der Waals surface area contributed by atoms with Crippen molar-refractivity contribution in [2.24, 2.45) is 39.9 Å². The smallest absolute Gasteiger partial charge is 0.306 e. The maximum absolute atomic E-state index is 11.8. The Labute approximate surface area is 157 Å². The standard InChI is InChI=1S/C22H34O4/c1-14(23)26-13-20(2)8-4-9-21(3)17(20)7-10-22-11-15(5-6-18(21)22)16(12-22)19(24)25/h15-18H,4-13H2,1-3H3,(H,24,25)/t15-,16-,17?,18?,20-,21+,22+/m0/s1. The first kappa shape index (κ1) is 18.3. The minimum atomic E-state index is -0.567. The molecule has 146 valence electrons. The van der Waals surface area contributed by atoms with Gasteiger partial charge in [-0.05, 0) is 80.0 Å². The molecule has 26 heavy (non-hydrogen) atoms. The van der Waals surface area contributed by atoms with E-state index in [9.17, 15) is 14.7 Å². The van der Waals surface area contributed by atoms with Crippen LogP contribution in [0.4, 0.5) is 0 Å². The van der Waals surface area contributed by atoms with Gasteiger partial charge in [-0.1, -0.05) is 20.3 Å². The molecule has 2 bridgehead atoms. The van der Waals surface area contributed by atoms with E-state index in [1.165, 1.54) is 39.0 Å². The number of fused-ring (bicyclic) bond motifs is 3. The van der Waals surface area contributed by atoms with Crippen LogP contribution < -0.4 is 0 Å². The molecule has 4 heteroatoms. The number of ether oxygens (including phenoxy) is 1. The lowest BCUT2D eigenvalue weighted by Crippen LogP contribution is -2.57. The van der Waals surface area contributed by atoms with Crippen LogP contribution in [0.5, 0.6) is 0 Å². The van der Waals surface area contributed by atoms with Crippen LogP contribution in [0.25, 0.3) is 0 Å².